The third-order valence-corrected chi connectivity index (χ3v) is 5.70. The molecule has 2 heteroatoms. The fraction of sp³-hybridized carbons (Fsp3) is 0.0769. The summed E-state index contributed by atoms with van der Waals surface area (Å²) in [5, 5.41) is 1.80. The van der Waals surface area contributed by atoms with Crippen LogP contribution in [0.1, 0.15) is 11.1 Å². The van der Waals surface area contributed by atoms with Crippen molar-refractivity contribution in [1.29, 1.82) is 0 Å². The summed E-state index contributed by atoms with van der Waals surface area (Å²) in [5.74, 6) is 0. The molecule has 140 valence electrons. The maximum Gasteiger partial charge on any atom is 0.0289 e. The number of benzene rings is 4. The summed E-state index contributed by atoms with van der Waals surface area (Å²) in [6.07, 6.45) is 0. The number of hydrogen-bond donors (Lipinski definition) is 0. The Balaban J connectivity index is 0.000000161. The van der Waals surface area contributed by atoms with E-state index in [1.165, 1.54) is 33.4 Å². The van der Waals surface area contributed by atoms with Crippen molar-refractivity contribution in [2.45, 2.75) is 10.7 Å². The van der Waals surface area contributed by atoms with Gasteiger partial charge in [-0.25, -0.2) is 0 Å². The highest BCUT2D eigenvalue weighted by atomic mass is 79.9. The molecule has 0 aliphatic rings. The Morgan fingerprint density at radius 2 is 0.714 bits per heavy atom. The highest BCUT2D eigenvalue weighted by molar-refractivity contribution is 9.08. The first kappa shape index (κ1) is 20.6. The minimum absolute atomic E-state index is 0.901. The standard InChI is InChI=1S/2C13H11Br/c2*14-10-12-8-4-5-9-13(12)11-6-2-1-3-7-11/h2*1-9H,10H2. The van der Waals surface area contributed by atoms with Gasteiger partial charge in [0, 0.05) is 10.7 Å². The van der Waals surface area contributed by atoms with Gasteiger partial charge in [0.1, 0.15) is 0 Å². The third kappa shape index (κ3) is 5.43. The quantitative estimate of drug-likeness (QED) is 0.250. The second-order valence-electron chi connectivity index (χ2n) is 6.31. The molecule has 28 heavy (non-hydrogen) atoms. The van der Waals surface area contributed by atoms with E-state index in [1.807, 2.05) is 12.1 Å². The van der Waals surface area contributed by atoms with Gasteiger partial charge in [0.2, 0.25) is 0 Å². The van der Waals surface area contributed by atoms with Gasteiger partial charge in [-0.15, -0.1) is 0 Å². The predicted molar refractivity (Wildman–Crippen MR) is 129 cm³/mol. The van der Waals surface area contributed by atoms with Gasteiger partial charge in [-0.3, -0.25) is 0 Å². The van der Waals surface area contributed by atoms with E-state index < -0.39 is 0 Å². The maximum absolute atomic E-state index is 3.51. The fourth-order valence-corrected chi connectivity index (χ4v) is 4.05. The summed E-state index contributed by atoms with van der Waals surface area (Å²) < 4.78 is 0. The van der Waals surface area contributed by atoms with Crippen molar-refractivity contribution in [3.05, 3.63) is 120 Å². The monoisotopic (exact) mass is 492 g/mol. The first-order valence-corrected chi connectivity index (χ1v) is 11.5. The zero-order chi connectivity index (χ0) is 19.6. The Morgan fingerprint density at radius 1 is 0.393 bits per heavy atom. The Labute approximate surface area is 184 Å². The van der Waals surface area contributed by atoms with Crippen LogP contribution in [0.15, 0.2) is 109 Å². The van der Waals surface area contributed by atoms with Crippen molar-refractivity contribution in [3.8, 4) is 22.3 Å². The van der Waals surface area contributed by atoms with E-state index in [1.54, 1.807) is 0 Å². The SMILES string of the molecule is BrCc1ccccc1-c1ccccc1.BrCc1ccccc1-c1ccccc1. The normalized spacial score (nSPS) is 10.1. The van der Waals surface area contributed by atoms with Gasteiger partial charge in [0.05, 0.1) is 0 Å². The van der Waals surface area contributed by atoms with E-state index >= 15 is 0 Å². The largest absolute Gasteiger partial charge is 0.0876 e. The van der Waals surface area contributed by atoms with Crippen LogP contribution in [0.4, 0.5) is 0 Å². The van der Waals surface area contributed by atoms with Crippen molar-refractivity contribution in [1.82, 2.24) is 0 Å². The Kier molecular flexibility index (Phi) is 8.07. The second kappa shape index (κ2) is 11.0. The molecule has 0 aliphatic heterocycles. The molecule has 0 saturated carbocycles. The van der Waals surface area contributed by atoms with Gasteiger partial charge >= 0.3 is 0 Å². The summed E-state index contributed by atoms with van der Waals surface area (Å²) >= 11 is 7.01. The molecule has 0 radical (unpaired) electrons. The molecule has 4 aromatic carbocycles. The molecule has 0 saturated heterocycles. The van der Waals surface area contributed by atoms with Crippen molar-refractivity contribution in [2.24, 2.45) is 0 Å². The Bertz CT molecular complexity index is 896. The van der Waals surface area contributed by atoms with Gasteiger partial charge in [-0.2, -0.15) is 0 Å². The van der Waals surface area contributed by atoms with E-state index in [-0.39, 0.29) is 0 Å². The molecule has 0 spiro atoms. The van der Waals surface area contributed by atoms with Crippen LogP contribution in [0.3, 0.4) is 0 Å². The van der Waals surface area contributed by atoms with E-state index in [0.717, 1.165) is 10.7 Å². The minimum Gasteiger partial charge on any atom is -0.0876 e. The molecular weight excluding hydrogens is 472 g/mol. The fourth-order valence-electron chi connectivity index (χ4n) is 3.07. The van der Waals surface area contributed by atoms with Gasteiger partial charge in [-0.1, -0.05) is 141 Å². The van der Waals surface area contributed by atoms with Gasteiger partial charge < -0.3 is 0 Å². The summed E-state index contributed by atoms with van der Waals surface area (Å²) in [4.78, 5) is 0. The predicted octanol–water partition coefficient (Wildman–Crippen LogP) is 8.50. The van der Waals surface area contributed by atoms with Crippen LogP contribution >= 0.6 is 31.9 Å². The summed E-state index contributed by atoms with van der Waals surface area (Å²) in [6, 6.07) is 37.8. The molecule has 0 aliphatic carbocycles. The van der Waals surface area contributed by atoms with Crippen LogP contribution in [0, 0.1) is 0 Å². The van der Waals surface area contributed by atoms with Crippen LogP contribution in [0.2, 0.25) is 0 Å². The molecule has 0 amide bonds. The van der Waals surface area contributed by atoms with Crippen LogP contribution < -0.4 is 0 Å². The molecule has 0 nitrogen and oxygen atoms in total. The van der Waals surface area contributed by atoms with E-state index in [9.17, 15) is 0 Å². The molecule has 0 heterocycles. The van der Waals surface area contributed by atoms with Gasteiger partial charge in [0.15, 0.2) is 0 Å². The first-order valence-electron chi connectivity index (χ1n) is 9.22. The topological polar surface area (TPSA) is 0 Å². The molecule has 0 N–H and O–H groups in total. The minimum atomic E-state index is 0.901. The lowest BCUT2D eigenvalue weighted by atomic mass is 10.0. The average molecular weight is 494 g/mol. The zero-order valence-corrected chi connectivity index (χ0v) is 18.7. The lowest BCUT2D eigenvalue weighted by Crippen LogP contribution is -1.84. The second-order valence-corrected chi connectivity index (χ2v) is 7.44. The van der Waals surface area contributed by atoms with Crippen molar-refractivity contribution in [2.75, 3.05) is 0 Å². The molecular formula is C26H22Br2. The number of halogens is 2. The Morgan fingerprint density at radius 3 is 1.07 bits per heavy atom. The average Bonchev–Trinajstić information content (AvgIpc) is 2.80. The summed E-state index contributed by atoms with van der Waals surface area (Å²) in [6.45, 7) is 0. The van der Waals surface area contributed by atoms with E-state index in [4.69, 9.17) is 0 Å². The maximum atomic E-state index is 3.51. The molecule has 4 aromatic rings. The van der Waals surface area contributed by atoms with Gasteiger partial charge in [0.25, 0.3) is 0 Å². The first-order chi connectivity index (χ1) is 13.8. The van der Waals surface area contributed by atoms with Crippen molar-refractivity contribution in [3.63, 3.8) is 0 Å². The molecule has 0 bridgehead atoms. The van der Waals surface area contributed by atoms with Gasteiger partial charge in [-0.05, 0) is 33.4 Å². The number of hydrogen-bond acceptors (Lipinski definition) is 0. The van der Waals surface area contributed by atoms with Crippen molar-refractivity contribution < 1.29 is 0 Å². The van der Waals surface area contributed by atoms with Crippen LogP contribution in [-0.4, -0.2) is 0 Å². The lowest BCUT2D eigenvalue weighted by molar-refractivity contribution is 1.43. The Hall–Kier alpha value is -2.16. The van der Waals surface area contributed by atoms with Crippen LogP contribution in [-0.2, 0) is 10.7 Å². The summed E-state index contributed by atoms with van der Waals surface area (Å²) in [5.41, 5.74) is 7.84. The lowest BCUT2D eigenvalue weighted by Gasteiger charge is -2.06. The molecule has 0 aromatic heterocycles. The van der Waals surface area contributed by atoms with Crippen LogP contribution in [0.25, 0.3) is 22.3 Å². The van der Waals surface area contributed by atoms with E-state index in [0.29, 0.717) is 0 Å². The number of rotatable bonds is 4. The molecule has 0 atom stereocenters. The highest BCUT2D eigenvalue weighted by Gasteiger charge is 2.02. The highest BCUT2D eigenvalue weighted by Crippen LogP contribution is 2.25. The molecule has 0 unspecified atom stereocenters. The van der Waals surface area contributed by atoms with Crippen LogP contribution in [0.5, 0.6) is 0 Å². The smallest absolute Gasteiger partial charge is 0.0289 e. The molecule has 0 fully saturated rings. The molecule has 4 rings (SSSR count). The zero-order valence-electron chi connectivity index (χ0n) is 15.6. The van der Waals surface area contributed by atoms with E-state index in [2.05, 4.69) is 129 Å². The number of alkyl halides is 2. The van der Waals surface area contributed by atoms with Crippen molar-refractivity contribution >= 4 is 31.9 Å². The third-order valence-electron chi connectivity index (χ3n) is 4.49. The summed E-state index contributed by atoms with van der Waals surface area (Å²) in [7, 11) is 0.